The van der Waals surface area contributed by atoms with Crippen LogP contribution in [0.2, 0.25) is 0 Å². The molecule has 0 radical (unpaired) electrons. The first-order valence-electron chi connectivity index (χ1n) is 7.45. The number of hydrogen-bond acceptors (Lipinski definition) is 6. The summed E-state index contributed by atoms with van der Waals surface area (Å²) >= 11 is 5.98. The van der Waals surface area contributed by atoms with Gasteiger partial charge in [0.1, 0.15) is 10.1 Å². The van der Waals surface area contributed by atoms with Crippen LogP contribution in [0.1, 0.15) is 18.1 Å². The molecule has 1 aliphatic rings. The van der Waals surface area contributed by atoms with Gasteiger partial charge in [0.15, 0.2) is 6.61 Å². The fourth-order valence-corrected chi connectivity index (χ4v) is 3.09. The molecule has 1 amide bonds. The average Bonchev–Trinajstić information content (AvgIpc) is 2.95. The molecule has 144 valence electrons. The molecule has 1 fully saturated rings. The Balaban J connectivity index is 2.36. The number of rotatable bonds is 5. The number of amides is 1. The summed E-state index contributed by atoms with van der Waals surface area (Å²) in [6, 6.07) is 2.88. The van der Waals surface area contributed by atoms with E-state index in [1.807, 2.05) is 0 Å². The Morgan fingerprint density at radius 3 is 2.63 bits per heavy atom. The van der Waals surface area contributed by atoms with Crippen molar-refractivity contribution in [2.24, 2.45) is 0 Å². The molecule has 0 aromatic heterocycles. The number of allylic oxidation sites excluding steroid dienone is 2. The van der Waals surface area contributed by atoms with E-state index in [4.69, 9.17) is 17.0 Å². The minimum atomic E-state index is -4.54. The average molecular weight is 417 g/mol. The van der Waals surface area contributed by atoms with Crippen molar-refractivity contribution in [2.75, 3.05) is 13.7 Å². The topological polar surface area (TPSA) is 64.6 Å². The van der Waals surface area contributed by atoms with Gasteiger partial charge in [-0.25, -0.2) is 4.79 Å². The number of thiocarbonyl (C=S) groups is 1. The molecular formula is C17H14F3NO4S2. The van der Waals surface area contributed by atoms with Gasteiger partial charge in [0.2, 0.25) is 0 Å². The highest BCUT2D eigenvalue weighted by atomic mass is 32.2. The van der Waals surface area contributed by atoms with Crippen LogP contribution in [0.3, 0.4) is 0 Å². The van der Waals surface area contributed by atoms with Gasteiger partial charge in [0.25, 0.3) is 5.91 Å². The number of ether oxygens (including phenoxy) is 2. The predicted octanol–water partition coefficient (Wildman–Crippen LogP) is 3.69. The number of benzene rings is 1. The monoisotopic (exact) mass is 417 g/mol. The Bertz CT molecular complexity index is 847. The minimum absolute atomic E-state index is 0.0708. The zero-order valence-corrected chi connectivity index (χ0v) is 15.8. The van der Waals surface area contributed by atoms with Crippen molar-refractivity contribution in [1.29, 1.82) is 0 Å². The Hall–Kier alpha value is -2.33. The number of carbonyl (C=O) groups excluding carboxylic acids is 2. The first-order valence-corrected chi connectivity index (χ1v) is 8.67. The maximum Gasteiger partial charge on any atom is 0.416 e. The van der Waals surface area contributed by atoms with Gasteiger partial charge in [-0.2, -0.15) is 13.2 Å². The van der Waals surface area contributed by atoms with Gasteiger partial charge in [-0.05, 0) is 30.7 Å². The van der Waals surface area contributed by atoms with E-state index in [2.05, 4.69) is 10.1 Å². The molecule has 1 aliphatic heterocycles. The lowest BCUT2D eigenvalue weighted by Gasteiger charge is -2.12. The molecule has 1 aromatic rings. The lowest BCUT2D eigenvalue weighted by molar-refractivity contribution is -0.143. The molecular weight excluding hydrogens is 403 g/mol. The van der Waals surface area contributed by atoms with Crippen LogP contribution >= 0.6 is 24.0 Å². The molecule has 0 bridgehead atoms. The van der Waals surface area contributed by atoms with E-state index in [1.54, 1.807) is 6.92 Å². The van der Waals surface area contributed by atoms with Crippen molar-refractivity contribution in [3.05, 3.63) is 45.9 Å². The number of halogens is 3. The third-order valence-electron chi connectivity index (χ3n) is 3.40. The summed E-state index contributed by atoms with van der Waals surface area (Å²) in [5, 5.41) is 2.46. The van der Waals surface area contributed by atoms with Gasteiger partial charge in [-0.1, -0.05) is 36.1 Å². The molecule has 2 rings (SSSR count). The standard InChI is InChI=1S/C17H14F3NO4S2/c1-9(14-15(23)21-16(26)27-14)3-4-10-7-11(17(18,19)20)5-6-12(10)25-8-13(22)24-2/h3-7H,8H2,1-2H3,(H,21,23,26)/b4-3+,14-9+. The summed E-state index contributed by atoms with van der Waals surface area (Å²) in [4.78, 5) is 23.3. The van der Waals surface area contributed by atoms with Gasteiger partial charge >= 0.3 is 12.1 Å². The van der Waals surface area contributed by atoms with Gasteiger partial charge in [-0.15, -0.1) is 0 Å². The quantitative estimate of drug-likeness (QED) is 0.448. The molecule has 1 heterocycles. The number of hydrogen-bond donors (Lipinski definition) is 1. The summed E-state index contributed by atoms with van der Waals surface area (Å²) in [6.07, 6.45) is -1.68. The van der Waals surface area contributed by atoms with Gasteiger partial charge in [0, 0.05) is 5.56 Å². The molecule has 1 N–H and O–H groups in total. The molecule has 5 nitrogen and oxygen atoms in total. The van der Waals surface area contributed by atoms with E-state index in [9.17, 15) is 22.8 Å². The number of carbonyl (C=O) groups is 2. The van der Waals surface area contributed by atoms with Crippen LogP contribution < -0.4 is 10.1 Å². The van der Waals surface area contributed by atoms with Crippen molar-refractivity contribution in [3.63, 3.8) is 0 Å². The molecule has 27 heavy (non-hydrogen) atoms. The van der Waals surface area contributed by atoms with Crippen molar-refractivity contribution in [1.82, 2.24) is 5.32 Å². The van der Waals surface area contributed by atoms with Crippen LogP contribution in [-0.2, 0) is 20.5 Å². The predicted molar refractivity (Wildman–Crippen MR) is 99.0 cm³/mol. The van der Waals surface area contributed by atoms with E-state index in [0.29, 0.717) is 14.8 Å². The zero-order chi connectivity index (χ0) is 20.2. The summed E-state index contributed by atoms with van der Waals surface area (Å²) < 4.78 is 49.0. The van der Waals surface area contributed by atoms with E-state index < -0.39 is 24.3 Å². The molecule has 10 heteroatoms. The van der Waals surface area contributed by atoms with Gasteiger partial charge in [-0.3, -0.25) is 4.79 Å². The highest BCUT2D eigenvalue weighted by molar-refractivity contribution is 8.26. The normalized spacial score (nSPS) is 16.5. The second-order valence-electron chi connectivity index (χ2n) is 5.30. The number of thioether (sulfide) groups is 1. The Labute approximate surface area is 162 Å². The summed E-state index contributed by atoms with van der Waals surface area (Å²) in [7, 11) is 1.17. The van der Waals surface area contributed by atoms with Crippen molar-refractivity contribution < 1.29 is 32.2 Å². The molecule has 1 saturated heterocycles. The summed E-state index contributed by atoms with van der Waals surface area (Å²) in [5.74, 6) is -0.962. The first-order chi connectivity index (χ1) is 12.6. The summed E-state index contributed by atoms with van der Waals surface area (Å²) in [6.45, 7) is 1.18. The van der Waals surface area contributed by atoms with E-state index in [1.165, 1.54) is 19.3 Å². The second kappa shape index (κ2) is 8.57. The minimum Gasteiger partial charge on any atom is -0.481 e. The Morgan fingerprint density at radius 2 is 2.07 bits per heavy atom. The second-order valence-corrected chi connectivity index (χ2v) is 6.99. The van der Waals surface area contributed by atoms with Crippen LogP contribution in [-0.4, -0.2) is 29.9 Å². The van der Waals surface area contributed by atoms with Crippen LogP contribution in [0.25, 0.3) is 6.08 Å². The van der Waals surface area contributed by atoms with Crippen molar-refractivity contribution in [3.8, 4) is 5.75 Å². The van der Waals surface area contributed by atoms with Crippen molar-refractivity contribution >= 4 is 46.3 Å². The number of esters is 1. The first kappa shape index (κ1) is 21.0. The van der Waals surface area contributed by atoms with Crippen LogP contribution in [0.5, 0.6) is 5.75 Å². The van der Waals surface area contributed by atoms with Crippen LogP contribution in [0.4, 0.5) is 13.2 Å². The van der Waals surface area contributed by atoms with Gasteiger partial charge < -0.3 is 14.8 Å². The van der Waals surface area contributed by atoms with Crippen LogP contribution in [0, 0.1) is 0 Å². The smallest absolute Gasteiger partial charge is 0.416 e. The molecule has 0 spiro atoms. The number of nitrogens with one attached hydrogen (secondary N) is 1. The van der Waals surface area contributed by atoms with E-state index >= 15 is 0 Å². The van der Waals surface area contributed by atoms with Gasteiger partial charge in [0.05, 0.1) is 17.6 Å². The summed E-state index contributed by atoms with van der Waals surface area (Å²) in [5.41, 5.74) is -0.250. The zero-order valence-electron chi connectivity index (χ0n) is 14.2. The molecule has 1 aromatic carbocycles. The fraction of sp³-hybridized carbons (Fsp3) is 0.235. The maximum absolute atomic E-state index is 13.0. The highest BCUT2D eigenvalue weighted by Gasteiger charge is 2.31. The Morgan fingerprint density at radius 1 is 1.37 bits per heavy atom. The molecule has 0 unspecified atom stereocenters. The largest absolute Gasteiger partial charge is 0.481 e. The molecule has 0 saturated carbocycles. The molecule has 0 atom stereocenters. The van der Waals surface area contributed by atoms with E-state index in [0.717, 1.165) is 30.0 Å². The van der Waals surface area contributed by atoms with Crippen molar-refractivity contribution in [2.45, 2.75) is 13.1 Å². The highest BCUT2D eigenvalue weighted by Crippen LogP contribution is 2.34. The molecule has 0 aliphatic carbocycles. The number of alkyl halides is 3. The number of methoxy groups -OCH3 is 1. The van der Waals surface area contributed by atoms with E-state index in [-0.39, 0.29) is 17.2 Å². The SMILES string of the molecule is COC(=O)COc1ccc(C(F)(F)F)cc1/C=C/C(C)=C1/SC(=S)NC1=O. The fourth-order valence-electron chi connectivity index (χ4n) is 2.05. The van der Waals surface area contributed by atoms with Crippen LogP contribution in [0.15, 0.2) is 34.8 Å². The third-order valence-corrected chi connectivity index (χ3v) is 4.75. The lowest BCUT2D eigenvalue weighted by Crippen LogP contribution is -2.18. The Kier molecular flexibility index (Phi) is 6.66. The lowest BCUT2D eigenvalue weighted by atomic mass is 10.1. The third kappa shape index (κ3) is 5.57. The maximum atomic E-state index is 13.0.